The molecule has 1 nitrogen and oxygen atoms in total. The van der Waals surface area contributed by atoms with Crippen LogP contribution in [0, 0.1) is 57.2 Å². The summed E-state index contributed by atoms with van der Waals surface area (Å²) in [6, 6.07) is 0. The van der Waals surface area contributed by atoms with Crippen LogP contribution in [0.5, 0.6) is 0 Å². The van der Waals surface area contributed by atoms with Crippen molar-refractivity contribution in [1.82, 2.24) is 0 Å². The van der Waals surface area contributed by atoms with E-state index < -0.39 is 5.60 Å². The third-order valence-electron chi connectivity index (χ3n) is 12.9. The van der Waals surface area contributed by atoms with Gasteiger partial charge in [-0.05, 0) is 134 Å². The molecule has 0 amide bonds. The van der Waals surface area contributed by atoms with Gasteiger partial charge in [-0.3, -0.25) is 0 Å². The van der Waals surface area contributed by atoms with Gasteiger partial charge in [-0.1, -0.05) is 67.0 Å². The second-order valence-electron chi connectivity index (χ2n) is 16.4. The maximum Gasteiger partial charge on any atom is 0.0650 e. The van der Waals surface area contributed by atoms with E-state index in [9.17, 15) is 5.11 Å². The zero-order chi connectivity index (χ0) is 24.7. The zero-order valence-electron chi connectivity index (χ0n) is 24.0. The van der Waals surface area contributed by atoms with Gasteiger partial charge in [-0.2, -0.15) is 0 Å². The Morgan fingerprint density at radius 2 is 1.47 bits per heavy atom. The molecule has 0 unspecified atom stereocenters. The molecule has 1 N–H and O–H groups in total. The first-order valence-corrected chi connectivity index (χ1v) is 15.1. The van der Waals surface area contributed by atoms with E-state index in [4.69, 9.17) is 0 Å². The third-order valence-corrected chi connectivity index (χ3v) is 12.9. The van der Waals surface area contributed by atoms with Gasteiger partial charge in [-0.25, -0.2) is 0 Å². The molecule has 0 saturated heterocycles. The van der Waals surface area contributed by atoms with Gasteiger partial charge in [0, 0.05) is 0 Å². The van der Waals surface area contributed by atoms with Crippen LogP contribution in [0.1, 0.15) is 132 Å². The molecule has 4 saturated carbocycles. The minimum absolute atomic E-state index is 0.404. The molecule has 4 fully saturated rings. The second kappa shape index (κ2) is 8.10. The predicted octanol–water partition coefficient (Wildman–Crippen LogP) is 9.20. The van der Waals surface area contributed by atoms with Gasteiger partial charge in [0.1, 0.15) is 0 Å². The molecule has 5 rings (SSSR count). The smallest absolute Gasteiger partial charge is 0.0650 e. The fraction of sp³-hybridized carbons (Fsp3) is 0.939. The maximum atomic E-state index is 11.5. The normalized spacial score (nSPS) is 47.7. The summed E-state index contributed by atoms with van der Waals surface area (Å²) >= 11 is 0. The molecule has 34 heavy (non-hydrogen) atoms. The summed E-state index contributed by atoms with van der Waals surface area (Å²) in [6.45, 7) is 20.2. The number of rotatable bonds is 3. The molecule has 1 heteroatoms. The van der Waals surface area contributed by atoms with Crippen LogP contribution >= 0.6 is 0 Å². The van der Waals surface area contributed by atoms with Crippen LogP contribution in [0.25, 0.3) is 0 Å². The van der Waals surface area contributed by atoms with Crippen LogP contribution < -0.4 is 0 Å². The number of fused-ring (bicyclic) bond motifs is 5. The van der Waals surface area contributed by atoms with Crippen molar-refractivity contribution < 1.29 is 5.11 Å². The first-order valence-electron chi connectivity index (χ1n) is 15.1. The molecule has 0 aliphatic heterocycles. The lowest BCUT2D eigenvalue weighted by Gasteiger charge is -2.61. The van der Waals surface area contributed by atoms with Gasteiger partial charge in [-0.15, -0.1) is 0 Å². The Morgan fingerprint density at radius 3 is 2.15 bits per heavy atom. The molecular weight excluding hydrogens is 412 g/mol. The van der Waals surface area contributed by atoms with Crippen molar-refractivity contribution in [1.29, 1.82) is 0 Å². The van der Waals surface area contributed by atoms with Crippen LogP contribution in [0.3, 0.4) is 0 Å². The highest BCUT2D eigenvalue weighted by molar-refractivity contribution is 5.27. The first kappa shape index (κ1) is 25.4. The topological polar surface area (TPSA) is 20.2 Å². The lowest BCUT2D eigenvalue weighted by Crippen LogP contribution is -2.53. The molecule has 0 radical (unpaired) electrons. The standard InChI is InChI=1S/C33H56O/c1-22-19-24-21-30(5,6)13-16-31(24,7)27-11-12-32(8)25(9-10-26(32)28(22)27)23(2)20-33(34)17-14-29(3,4)15-18-33/h19,22-23,25-28,34H,9-18,20-21H2,1-8H3/t22-,23-,25-,26+,27+,28+,31+,32-/m1/s1. The molecule has 5 aliphatic carbocycles. The molecule has 0 aromatic carbocycles. The number of aliphatic hydroxyl groups is 1. The first-order chi connectivity index (χ1) is 15.7. The van der Waals surface area contributed by atoms with Crippen molar-refractivity contribution >= 4 is 0 Å². The summed E-state index contributed by atoms with van der Waals surface area (Å²) in [5.74, 6) is 4.85. The molecule has 194 valence electrons. The molecule has 0 bridgehead atoms. The zero-order valence-corrected chi connectivity index (χ0v) is 24.0. The van der Waals surface area contributed by atoms with Gasteiger partial charge in [0.25, 0.3) is 0 Å². The average molecular weight is 469 g/mol. The van der Waals surface area contributed by atoms with E-state index in [1.807, 2.05) is 5.57 Å². The summed E-state index contributed by atoms with van der Waals surface area (Å²) in [5.41, 5.74) is 3.27. The molecule has 8 atom stereocenters. The van der Waals surface area contributed by atoms with Crippen LogP contribution in [0.4, 0.5) is 0 Å². The van der Waals surface area contributed by atoms with E-state index in [2.05, 4.69) is 61.5 Å². The number of allylic oxidation sites excluding steroid dienone is 2. The van der Waals surface area contributed by atoms with E-state index in [-0.39, 0.29) is 0 Å². The minimum atomic E-state index is -0.404. The molecule has 0 aromatic rings. The van der Waals surface area contributed by atoms with Gasteiger partial charge in [0.05, 0.1) is 5.60 Å². The van der Waals surface area contributed by atoms with Crippen LogP contribution in [-0.2, 0) is 0 Å². The fourth-order valence-electron chi connectivity index (χ4n) is 10.7. The van der Waals surface area contributed by atoms with E-state index in [1.165, 1.54) is 57.8 Å². The van der Waals surface area contributed by atoms with E-state index in [1.54, 1.807) is 0 Å². The highest BCUT2D eigenvalue weighted by atomic mass is 16.3. The monoisotopic (exact) mass is 468 g/mol. The summed E-state index contributed by atoms with van der Waals surface area (Å²) in [6.07, 6.45) is 18.1. The molecule has 0 spiro atoms. The van der Waals surface area contributed by atoms with E-state index in [0.29, 0.717) is 27.6 Å². The minimum Gasteiger partial charge on any atom is -0.390 e. The van der Waals surface area contributed by atoms with Gasteiger partial charge in [0.2, 0.25) is 0 Å². The van der Waals surface area contributed by atoms with Crippen molar-refractivity contribution in [2.75, 3.05) is 0 Å². The van der Waals surface area contributed by atoms with Crippen molar-refractivity contribution in [3.05, 3.63) is 11.6 Å². The summed E-state index contributed by atoms with van der Waals surface area (Å²) in [5, 5.41) is 11.5. The van der Waals surface area contributed by atoms with Gasteiger partial charge < -0.3 is 5.11 Å². The van der Waals surface area contributed by atoms with E-state index >= 15 is 0 Å². The highest BCUT2D eigenvalue weighted by Crippen LogP contribution is 2.69. The molecule has 0 aromatic heterocycles. The second-order valence-corrected chi connectivity index (χ2v) is 16.4. The Hall–Kier alpha value is -0.300. The van der Waals surface area contributed by atoms with Gasteiger partial charge >= 0.3 is 0 Å². The number of hydrogen-bond acceptors (Lipinski definition) is 1. The third kappa shape index (κ3) is 4.07. The maximum absolute atomic E-state index is 11.5. The lowest BCUT2D eigenvalue weighted by molar-refractivity contribution is -0.0857. The Labute approximate surface area is 211 Å². The van der Waals surface area contributed by atoms with Crippen molar-refractivity contribution in [3.8, 4) is 0 Å². The summed E-state index contributed by atoms with van der Waals surface area (Å²) < 4.78 is 0. The van der Waals surface area contributed by atoms with Crippen LogP contribution in [0.15, 0.2) is 11.6 Å². The Morgan fingerprint density at radius 1 is 0.824 bits per heavy atom. The average Bonchev–Trinajstić information content (AvgIpc) is 3.09. The predicted molar refractivity (Wildman–Crippen MR) is 145 cm³/mol. The summed E-state index contributed by atoms with van der Waals surface area (Å²) in [4.78, 5) is 0. The molecular formula is C33H56O. The fourth-order valence-corrected chi connectivity index (χ4v) is 10.7. The van der Waals surface area contributed by atoms with Crippen molar-refractivity contribution in [2.45, 2.75) is 138 Å². The molecule has 0 heterocycles. The summed E-state index contributed by atoms with van der Waals surface area (Å²) in [7, 11) is 0. The number of hydrogen-bond donors (Lipinski definition) is 1. The highest BCUT2D eigenvalue weighted by Gasteiger charge is 2.61. The Kier molecular flexibility index (Phi) is 6.04. The van der Waals surface area contributed by atoms with E-state index in [0.717, 1.165) is 48.9 Å². The largest absolute Gasteiger partial charge is 0.390 e. The molecule has 5 aliphatic rings. The van der Waals surface area contributed by atoms with Crippen molar-refractivity contribution in [2.24, 2.45) is 57.2 Å². The van der Waals surface area contributed by atoms with Gasteiger partial charge in [0.15, 0.2) is 0 Å². The quantitative estimate of drug-likeness (QED) is 0.409. The van der Waals surface area contributed by atoms with Crippen molar-refractivity contribution in [3.63, 3.8) is 0 Å². The van der Waals surface area contributed by atoms with Crippen LogP contribution in [0.2, 0.25) is 0 Å². The Balaban J connectivity index is 1.35. The SMILES string of the molecule is C[C@@H]1C=C2CC(C)(C)CC[C@]2(C)[C@H]2CC[C@]3(C)[C@@H]([C@H](C)CC4(O)CCC(C)(C)CC4)CC[C@H]3[C@H]12. The van der Waals surface area contributed by atoms with Crippen LogP contribution in [-0.4, -0.2) is 10.7 Å². The lowest BCUT2D eigenvalue weighted by atomic mass is 9.44. The Bertz CT molecular complexity index is 808.